The van der Waals surface area contributed by atoms with Crippen LogP contribution in [0.25, 0.3) is 0 Å². The molecule has 0 radical (unpaired) electrons. The summed E-state index contributed by atoms with van der Waals surface area (Å²) in [4.78, 5) is 21.5. The zero-order chi connectivity index (χ0) is 19.5. The molecule has 0 unspecified atom stereocenters. The van der Waals surface area contributed by atoms with Crippen molar-refractivity contribution >= 4 is 5.91 Å². The fourth-order valence-electron chi connectivity index (χ4n) is 4.02. The van der Waals surface area contributed by atoms with Gasteiger partial charge < -0.3 is 14.2 Å². The van der Waals surface area contributed by atoms with Crippen LogP contribution in [0.4, 0.5) is 0 Å². The van der Waals surface area contributed by atoms with Gasteiger partial charge in [0.05, 0.1) is 31.7 Å². The molecule has 0 bridgehead atoms. The number of hydrogen-bond donors (Lipinski definition) is 0. The van der Waals surface area contributed by atoms with Gasteiger partial charge in [0.1, 0.15) is 0 Å². The van der Waals surface area contributed by atoms with Crippen molar-refractivity contribution in [2.24, 2.45) is 5.92 Å². The summed E-state index contributed by atoms with van der Waals surface area (Å²) in [7, 11) is 0. The van der Waals surface area contributed by atoms with Crippen molar-refractivity contribution in [3.8, 4) is 0 Å². The molecule has 1 aromatic heterocycles. The van der Waals surface area contributed by atoms with Crippen LogP contribution in [-0.2, 0) is 29.0 Å². The number of rotatable bonds is 6. The Labute approximate surface area is 165 Å². The van der Waals surface area contributed by atoms with Crippen LogP contribution in [0.3, 0.4) is 0 Å². The number of carbonyl (C=O) groups excluding carboxylic acids is 1. The first kappa shape index (κ1) is 19.1. The van der Waals surface area contributed by atoms with E-state index >= 15 is 0 Å². The summed E-state index contributed by atoms with van der Waals surface area (Å²) in [5, 5.41) is 4.12. The third-order valence-electron chi connectivity index (χ3n) is 5.33. The van der Waals surface area contributed by atoms with Gasteiger partial charge in [-0.05, 0) is 11.5 Å². The number of amides is 1. The molecule has 1 amide bonds. The van der Waals surface area contributed by atoms with Gasteiger partial charge in [-0.1, -0.05) is 49.3 Å². The molecule has 3 heterocycles. The van der Waals surface area contributed by atoms with Gasteiger partial charge in [0.2, 0.25) is 11.8 Å². The Hall–Kier alpha value is -2.25. The van der Waals surface area contributed by atoms with Crippen molar-refractivity contribution in [1.29, 1.82) is 0 Å². The van der Waals surface area contributed by atoms with Crippen molar-refractivity contribution < 1.29 is 14.1 Å². The van der Waals surface area contributed by atoms with Crippen LogP contribution < -0.4 is 0 Å². The zero-order valence-corrected chi connectivity index (χ0v) is 16.6. The summed E-state index contributed by atoms with van der Waals surface area (Å²) < 4.78 is 11.4. The van der Waals surface area contributed by atoms with Gasteiger partial charge in [-0.3, -0.25) is 9.69 Å². The van der Waals surface area contributed by atoms with Gasteiger partial charge in [-0.2, -0.15) is 4.98 Å². The van der Waals surface area contributed by atoms with E-state index in [2.05, 4.69) is 41.0 Å². The molecule has 0 spiro atoms. The molecule has 7 nitrogen and oxygen atoms in total. The summed E-state index contributed by atoms with van der Waals surface area (Å²) in [6.07, 6.45) is 1.27. The summed E-state index contributed by atoms with van der Waals surface area (Å²) in [5.74, 6) is 2.04. The Morgan fingerprint density at radius 3 is 2.79 bits per heavy atom. The monoisotopic (exact) mass is 384 g/mol. The van der Waals surface area contributed by atoms with E-state index in [0.717, 1.165) is 25.1 Å². The fraction of sp³-hybridized carbons (Fsp3) is 0.571. The molecule has 0 aliphatic carbocycles. The number of ether oxygens (including phenoxy) is 1. The molecule has 2 atom stereocenters. The predicted octanol–water partition coefficient (Wildman–Crippen LogP) is 2.27. The van der Waals surface area contributed by atoms with Crippen LogP contribution in [0.15, 0.2) is 34.9 Å². The highest BCUT2D eigenvalue weighted by atomic mass is 16.5. The zero-order valence-electron chi connectivity index (χ0n) is 16.6. The van der Waals surface area contributed by atoms with E-state index in [0.29, 0.717) is 43.8 Å². The molecule has 0 saturated carbocycles. The third-order valence-corrected chi connectivity index (χ3v) is 5.33. The summed E-state index contributed by atoms with van der Waals surface area (Å²) in [6.45, 7) is 7.53. The van der Waals surface area contributed by atoms with E-state index in [-0.39, 0.29) is 18.1 Å². The van der Waals surface area contributed by atoms with Crippen molar-refractivity contribution in [2.75, 3.05) is 19.7 Å². The molecule has 1 aromatic carbocycles. The molecule has 2 aromatic rings. The molecule has 2 aliphatic rings. The summed E-state index contributed by atoms with van der Waals surface area (Å²) in [6, 6.07) is 10.2. The van der Waals surface area contributed by atoms with Crippen LogP contribution in [0.2, 0.25) is 0 Å². The first-order valence-corrected chi connectivity index (χ1v) is 10.1. The lowest BCUT2D eigenvalue weighted by molar-refractivity contribution is -0.133. The topological polar surface area (TPSA) is 71.7 Å². The second-order valence-electron chi connectivity index (χ2n) is 8.13. The lowest BCUT2D eigenvalue weighted by Crippen LogP contribution is -2.45. The number of likely N-dealkylation sites (tertiary alicyclic amines) is 1. The van der Waals surface area contributed by atoms with Crippen LogP contribution in [-0.4, -0.2) is 57.7 Å². The first-order valence-electron chi connectivity index (χ1n) is 10.1. The highest BCUT2D eigenvalue weighted by molar-refractivity contribution is 5.77. The summed E-state index contributed by atoms with van der Waals surface area (Å²) >= 11 is 0. The van der Waals surface area contributed by atoms with Crippen LogP contribution in [0.1, 0.15) is 37.5 Å². The maximum Gasteiger partial charge on any atom is 0.226 e. The highest BCUT2D eigenvalue weighted by Crippen LogP contribution is 2.26. The third kappa shape index (κ3) is 4.42. The van der Waals surface area contributed by atoms with E-state index < -0.39 is 0 Å². The molecule has 2 fully saturated rings. The fourth-order valence-corrected chi connectivity index (χ4v) is 4.02. The maximum atomic E-state index is 12.7. The Bertz CT molecular complexity index is 792. The van der Waals surface area contributed by atoms with Crippen molar-refractivity contribution in [3.63, 3.8) is 0 Å². The Morgan fingerprint density at radius 1 is 1.18 bits per heavy atom. The summed E-state index contributed by atoms with van der Waals surface area (Å²) in [5.41, 5.74) is 1.14. The van der Waals surface area contributed by atoms with Gasteiger partial charge >= 0.3 is 0 Å². The minimum absolute atomic E-state index is 0.0252. The standard InChI is InChI=1S/C21H28N4O3/c1-15(2)10-20-22-19(23-28-20)14-24-12-17-18(13-24)27-9-8-21(26)25(17)11-16-6-4-3-5-7-16/h3-7,15,17-18H,8-14H2,1-2H3/t17-,18-/m0/s1. The minimum atomic E-state index is 0.0252. The Morgan fingerprint density at radius 2 is 2.00 bits per heavy atom. The molecule has 4 rings (SSSR count). The van der Waals surface area contributed by atoms with Gasteiger partial charge in [0, 0.05) is 26.1 Å². The highest BCUT2D eigenvalue weighted by Gasteiger charge is 2.41. The number of benzene rings is 1. The largest absolute Gasteiger partial charge is 0.374 e. The molecule has 2 aliphatic heterocycles. The van der Waals surface area contributed by atoms with Crippen molar-refractivity contribution in [1.82, 2.24) is 19.9 Å². The molecule has 7 heteroatoms. The smallest absolute Gasteiger partial charge is 0.226 e. The molecular formula is C21H28N4O3. The molecule has 150 valence electrons. The number of nitrogens with zero attached hydrogens (tertiary/aromatic N) is 4. The Balaban J connectivity index is 1.44. The second-order valence-corrected chi connectivity index (χ2v) is 8.13. The van der Waals surface area contributed by atoms with Gasteiger partial charge in [0.25, 0.3) is 0 Å². The molecular weight excluding hydrogens is 356 g/mol. The average molecular weight is 384 g/mol. The van der Waals surface area contributed by atoms with E-state index in [4.69, 9.17) is 9.26 Å². The maximum absolute atomic E-state index is 12.7. The minimum Gasteiger partial charge on any atom is -0.374 e. The van der Waals surface area contributed by atoms with Gasteiger partial charge in [-0.25, -0.2) is 0 Å². The van der Waals surface area contributed by atoms with Gasteiger partial charge in [-0.15, -0.1) is 0 Å². The van der Waals surface area contributed by atoms with Crippen molar-refractivity contribution in [2.45, 2.75) is 51.9 Å². The van der Waals surface area contributed by atoms with Crippen LogP contribution in [0, 0.1) is 5.92 Å². The second kappa shape index (κ2) is 8.41. The molecule has 2 saturated heterocycles. The van der Waals surface area contributed by atoms with E-state index in [1.807, 2.05) is 23.1 Å². The van der Waals surface area contributed by atoms with Gasteiger partial charge in [0.15, 0.2) is 5.82 Å². The molecule has 28 heavy (non-hydrogen) atoms. The van der Waals surface area contributed by atoms with Crippen LogP contribution >= 0.6 is 0 Å². The van der Waals surface area contributed by atoms with E-state index in [9.17, 15) is 4.79 Å². The Kier molecular flexibility index (Phi) is 5.73. The van der Waals surface area contributed by atoms with Crippen LogP contribution in [0.5, 0.6) is 0 Å². The van der Waals surface area contributed by atoms with Crippen molar-refractivity contribution in [3.05, 3.63) is 47.6 Å². The normalized spacial score (nSPS) is 23.2. The number of fused-ring (bicyclic) bond motifs is 1. The quantitative estimate of drug-likeness (QED) is 0.761. The average Bonchev–Trinajstić information content (AvgIpc) is 3.23. The number of carbonyl (C=O) groups is 1. The SMILES string of the molecule is CC(C)Cc1nc(CN2C[C@@H]3OCCC(=O)N(Cc4ccccc4)[C@H]3C2)no1. The predicted molar refractivity (Wildman–Crippen MR) is 103 cm³/mol. The first-order chi connectivity index (χ1) is 13.6. The lowest BCUT2D eigenvalue weighted by atomic mass is 10.1. The number of aromatic nitrogens is 2. The van der Waals surface area contributed by atoms with E-state index in [1.165, 1.54) is 0 Å². The number of hydrogen-bond acceptors (Lipinski definition) is 6. The van der Waals surface area contributed by atoms with E-state index in [1.54, 1.807) is 0 Å². The molecule has 0 N–H and O–H groups in total. The lowest BCUT2D eigenvalue weighted by Gasteiger charge is -2.29.